The van der Waals surface area contributed by atoms with E-state index in [0.717, 1.165) is 5.56 Å². The molecule has 0 bridgehead atoms. The van der Waals surface area contributed by atoms with Gasteiger partial charge in [-0.3, -0.25) is 38.8 Å². The van der Waals surface area contributed by atoms with Crippen molar-refractivity contribution >= 4 is 29.8 Å². The quantitative estimate of drug-likeness (QED) is 0.211. The molecular formula is C40H67N5O9. The van der Waals surface area contributed by atoms with Crippen molar-refractivity contribution in [2.24, 2.45) is 0 Å². The van der Waals surface area contributed by atoms with E-state index in [1.54, 1.807) is 20.8 Å². The van der Waals surface area contributed by atoms with Gasteiger partial charge in [0.1, 0.15) is 22.4 Å². The number of hydrogen-bond acceptors (Lipinski definition) is 13. The molecule has 1 heterocycles. The molecule has 1 fully saturated rings. The average Bonchev–Trinajstić information content (AvgIpc) is 2.98. The van der Waals surface area contributed by atoms with Gasteiger partial charge in [0, 0.05) is 58.9 Å². The summed E-state index contributed by atoms with van der Waals surface area (Å²) in [6, 6.07) is 9.28. The molecule has 306 valence electrons. The molecule has 1 amide bonds. The molecule has 1 aromatic carbocycles. The number of carbonyl (C=O) groups is 5. The minimum Gasteiger partial charge on any atom is -0.459 e. The molecule has 14 nitrogen and oxygen atoms in total. The first-order valence-corrected chi connectivity index (χ1v) is 18.9. The van der Waals surface area contributed by atoms with Crippen LogP contribution in [0.1, 0.15) is 94.7 Å². The van der Waals surface area contributed by atoms with E-state index >= 15 is 0 Å². The molecule has 1 aliphatic heterocycles. The van der Waals surface area contributed by atoms with Gasteiger partial charge in [-0.2, -0.15) is 0 Å². The van der Waals surface area contributed by atoms with E-state index in [0.29, 0.717) is 52.4 Å². The van der Waals surface area contributed by atoms with Crippen LogP contribution in [0.15, 0.2) is 30.3 Å². The zero-order valence-corrected chi connectivity index (χ0v) is 34.9. The fourth-order valence-corrected chi connectivity index (χ4v) is 5.73. The number of hydrogen-bond donors (Lipinski definition) is 1. The van der Waals surface area contributed by atoms with Crippen molar-refractivity contribution in [2.75, 3.05) is 78.5 Å². The summed E-state index contributed by atoms with van der Waals surface area (Å²) in [6.45, 7) is 25.3. The second-order valence-electron chi connectivity index (χ2n) is 17.8. The Morgan fingerprint density at radius 1 is 0.537 bits per heavy atom. The van der Waals surface area contributed by atoms with E-state index in [-0.39, 0.29) is 50.1 Å². The molecule has 0 spiro atoms. The van der Waals surface area contributed by atoms with E-state index in [4.69, 9.17) is 18.9 Å². The van der Waals surface area contributed by atoms with Gasteiger partial charge in [0.25, 0.3) is 0 Å². The Hall–Kier alpha value is -3.59. The van der Waals surface area contributed by atoms with Crippen molar-refractivity contribution in [2.45, 2.75) is 112 Å². The predicted molar refractivity (Wildman–Crippen MR) is 206 cm³/mol. The lowest BCUT2D eigenvalue weighted by Gasteiger charge is -2.37. The first-order chi connectivity index (χ1) is 24.8. The van der Waals surface area contributed by atoms with Gasteiger partial charge in [-0.15, -0.1) is 0 Å². The second-order valence-corrected chi connectivity index (χ2v) is 17.8. The van der Waals surface area contributed by atoms with Gasteiger partial charge in [0.05, 0.1) is 25.7 Å². The van der Waals surface area contributed by atoms with E-state index in [9.17, 15) is 24.0 Å². The zero-order chi connectivity index (χ0) is 40.9. The molecule has 1 N–H and O–H groups in total. The Kier molecular flexibility index (Phi) is 17.6. The second kappa shape index (κ2) is 20.4. The van der Waals surface area contributed by atoms with E-state index in [2.05, 4.69) is 10.2 Å². The van der Waals surface area contributed by atoms with Crippen LogP contribution in [0.4, 0.5) is 0 Å². The minimum atomic E-state index is -0.967. The van der Waals surface area contributed by atoms with Crippen LogP contribution in [0.25, 0.3) is 0 Å². The maximum atomic E-state index is 13.1. The molecule has 14 heteroatoms. The highest BCUT2D eigenvalue weighted by atomic mass is 16.6. The third-order valence-electron chi connectivity index (χ3n) is 7.86. The Bertz CT molecular complexity index is 1330. The van der Waals surface area contributed by atoms with Crippen molar-refractivity contribution in [1.82, 2.24) is 24.9 Å². The summed E-state index contributed by atoms with van der Waals surface area (Å²) < 4.78 is 22.3. The molecule has 0 aromatic heterocycles. The fourth-order valence-electron chi connectivity index (χ4n) is 5.73. The SMILES string of the molecule is CC(C)(C)OC(=O)CN1CCN(CC(=O)OC(C)(C)C)CCN(C(CNC(=O)C(=O)OC(C)(C)C)c2ccccc2)CCN(CC(=O)OC(C)(C)C)CC1. The fraction of sp³-hybridized carbons (Fsp3) is 0.725. The Morgan fingerprint density at radius 3 is 1.20 bits per heavy atom. The van der Waals surface area contributed by atoms with Crippen LogP contribution in [-0.4, -0.2) is 150 Å². The number of rotatable bonds is 10. The van der Waals surface area contributed by atoms with Crippen LogP contribution in [0.3, 0.4) is 0 Å². The average molecular weight is 762 g/mol. The van der Waals surface area contributed by atoms with Crippen LogP contribution in [0, 0.1) is 0 Å². The number of ether oxygens (including phenoxy) is 4. The highest BCUT2D eigenvalue weighted by molar-refractivity contribution is 6.32. The van der Waals surface area contributed by atoms with Gasteiger partial charge >= 0.3 is 29.8 Å². The summed E-state index contributed by atoms with van der Waals surface area (Å²) in [5.41, 5.74) is -1.90. The number of amides is 1. The molecule has 1 aromatic rings. The van der Waals surface area contributed by atoms with Crippen molar-refractivity contribution in [3.63, 3.8) is 0 Å². The molecule has 1 aliphatic rings. The van der Waals surface area contributed by atoms with Gasteiger partial charge in [0.15, 0.2) is 0 Å². The summed E-state index contributed by atoms with van der Waals surface area (Å²) in [5.74, 6) is -2.91. The molecule has 0 saturated carbocycles. The van der Waals surface area contributed by atoms with Crippen LogP contribution in [-0.2, 0) is 42.9 Å². The summed E-state index contributed by atoms with van der Waals surface area (Å²) in [5, 5.41) is 2.78. The zero-order valence-electron chi connectivity index (χ0n) is 34.9. The highest BCUT2D eigenvalue weighted by Gasteiger charge is 2.29. The lowest BCUT2D eigenvalue weighted by Crippen LogP contribution is -2.51. The van der Waals surface area contributed by atoms with Crippen LogP contribution in [0.5, 0.6) is 0 Å². The van der Waals surface area contributed by atoms with Crippen molar-refractivity contribution in [3.8, 4) is 0 Å². The van der Waals surface area contributed by atoms with Crippen molar-refractivity contribution in [3.05, 3.63) is 35.9 Å². The van der Waals surface area contributed by atoms with Crippen LogP contribution < -0.4 is 5.32 Å². The number of benzene rings is 1. The maximum absolute atomic E-state index is 13.1. The third-order valence-corrected chi connectivity index (χ3v) is 7.86. The molecule has 1 atom stereocenters. The predicted octanol–water partition coefficient (Wildman–Crippen LogP) is 3.43. The lowest BCUT2D eigenvalue weighted by atomic mass is 10.0. The molecule has 2 rings (SSSR count). The van der Waals surface area contributed by atoms with E-state index in [1.807, 2.05) is 107 Å². The Balaban J connectivity index is 2.50. The topological polar surface area (TPSA) is 147 Å². The van der Waals surface area contributed by atoms with Crippen molar-refractivity contribution < 1.29 is 42.9 Å². The number of carbonyl (C=O) groups excluding carboxylic acids is 5. The largest absolute Gasteiger partial charge is 0.459 e. The first kappa shape index (κ1) is 46.6. The molecule has 0 aliphatic carbocycles. The molecular weight excluding hydrogens is 694 g/mol. The summed E-state index contributed by atoms with van der Waals surface area (Å²) in [4.78, 5) is 73.0. The van der Waals surface area contributed by atoms with Gasteiger partial charge in [-0.05, 0) is 88.6 Å². The molecule has 1 unspecified atom stereocenters. The van der Waals surface area contributed by atoms with E-state index in [1.165, 1.54) is 0 Å². The van der Waals surface area contributed by atoms with Crippen LogP contribution in [0.2, 0.25) is 0 Å². The van der Waals surface area contributed by atoms with Gasteiger partial charge in [0.2, 0.25) is 0 Å². The smallest absolute Gasteiger partial charge is 0.397 e. The summed E-state index contributed by atoms with van der Waals surface area (Å²) >= 11 is 0. The molecule has 0 radical (unpaired) electrons. The van der Waals surface area contributed by atoms with Crippen molar-refractivity contribution in [1.29, 1.82) is 0 Å². The first-order valence-electron chi connectivity index (χ1n) is 18.9. The standard InChI is InChI=1S/C40H67N5O9/c1-37(2,3)51-32(46)27-42-18-20-43(28-33(47)52-38(4,5)6)22-24-45(25-23-44(21-19-42)29-34(48)53-39(7,8)9)31(30-16-14-13-15-17-30)26-41-35(49)36(50)54-40(10,11)12/h13-17,31H,18-29H2,1-12H3,(H,41,49). The molecule has 1 saturated heterocycles. The summed E-state index contributed by atoms with van der Waals surface area (Å²) in [7, 11) is 0. The van der Waals surface area contributed by atoms with Crippen LogP contribution >= 0.6 is 0 Å². The number of nitrogens with zero attached hydrogens (tertiary/aromatic N) is 4. The maximum Gasteiger partial charge on any atom is 0.397 e. The lowest BCUT2D eigenvalue weighted by molar-refractivity contribution is -0.163. The van der Waals surface area contributed by atoms with Gasteiger partial charge < -0.3 is 24.3 Å². The Morgan fingerprint density at radius 2 is 0.870 bits per heavy atom. The highest BCUT2D eigenvalue weighted by Crippen LogP contribution is 2.21. The Labute approximate surface area is 323 Å². The normalized spacial score (nSPS) is 17.3. The van der Waals surface area contributed by atoms with Gasteiger partial charge in [-0.25, -0.2) is 4.79 Å². The van der Waals surface area contributed by atoms with E-state index < -0.39 is 34.3 Å². The summed E-state index contributed by atoms with van der Waals surface area (Å²) in [6.07, 6.45) is 0. The monoisotopic (exact) mass is 761 g/mol. The third kappa shape index (κ3) is 20.2. The number of esters is 4. The van der Waals surface area contributed by atoms with Gasteiger partial charge in [-0.1, -0.05) is 30.3 Å². The minimum absolute atomic E-state index is 0.0293. The number of nitrogens with one attached hydrogen (secondary N) is 1. The molecule has 54 heavy (non-hydrogen) atoms.